The zero-order valence-corrected chi connectivity index (χ0v) is 14.2. The molecule has 1 heterocycles. The monoisotopic (exact) mass is 333 g/mol. The van der Waals surface area contributed by atoms with Crippen LogP contribution < -0.4 is 4.74 Å². The Morgan fingerprint density at radius 1 is 1.38 bits per heavy atom. The Labute approximate surface area is 140 Å². The van der Waals surface area contributed by atoms with Gasteiger partial charge in [-0.3, -0.25) is 0 Å². The summed E-state index contributed by atoms with van der Waals surface area (Å²) in [6.07, 6.45) is 1.62. The van der Waals surface area contributed by atoms with Crippen molar-refractivity contribution in [2.45, 2.75) is 27.7 Å². The summed E-state index contributed by atoms with van der Waals surface area (Å²) in [5.41, 5.74) is 1.26. The van der Waals surface area contributed by atoms with Crippen molar-refractivity contribution in [1.82, 2.24) is 9.78 Å². The van der Waals surface area contributed by atoms with Crippen molar-refractivity contribution in [2.24, 2.45) is 0 Å². The molecule has 0 bridgehead atoms. The standard InChI is InChI=1S/C15H14FN3O3.C2H6/c1-3-21-14(20)9-22-15-10(2)8-19(18-15)13-5-11(7-17)4-12(16)6-13;1-2/h4-6,8H,3,9H2,1-2H3;1-2H3. The number of nitrogens with zero attached hydrogens (tertiary/aromatic N) is 3. The van der Waals surface area contributed by atoms with Gasteiger partial charge in [-0.1, -0.05) is 13.8 Å². The lowest BCUT2D eigenvalue weighted by molar-refractivity contribution is -0.145. The predicted molar refractivity (Wildman–Crippen MR) is 86.5 cm³/mol. The van der Waals surface area contributed by atoms with Crippen molar-refractivity contribution < 1.29 is 18.7 Å². The number of nitriles is 1. The van der Waals surface area contributed by atoms with Gasteiger partial charge in [0.2, 0.25) is 5.88 Å². The highest BCUT2D eigenvalue weighted by Gasteiger charge is 2.11. The normalized spacial score (nSPS) is 9.50. The summed E-state index contributed by atoms with van der Waals surface area (Å²) in [7, 11) is 0. The Bertz CT molecular complexity index is 735. The topological polar surface area (TPSA) is 77.1 Å². The number of aromatic nitrogens is 2. The lowest BCUT2D eigenvalue weighted by Gasteiger charge is -2.04. The van der Waals surface area contributed by atoms with Crippen molar-refractivity contribution in [2.75, 3.05) is 13.2 Å². The summed E-state index contributed by atoms with van der Waals surface area (Å²) in [5, 5.41) is 13.0. The van der Waals surface area contributed by atoms with Crippen LogP contribution in [0, 0.1) is 24.1 Å². The van der Waals surface area contributed by atoms with E-state index < -0.39 is 11.8 Å². The summed E-state index contributed by atoms with van der Waals surface area (Å²) in [6.45, 7) is 7.47. The van der Waals surface area contributed by atoms with Crippen molar-refractivity contribution in [3.63, 3.8) is 0 Å². The van der Waals surface area contributed by atoms with Gasteiger partial charge in [0.25, 0.3) is 0 Å². The molecule has 0 N–H and O–H groups in total. The average molecular weight is 333 g/mol. The number of benzene rings is 1. The fourth-order valence-electron chi connectivity index (χ4n) is 1.82. The molecule has 2 aromatic rings. The van der Waals surface area contributed by atoms with E-state index in [1.54, 1.807) is 20.0 Å². The number of aryl methyl sites for hydroxylation is 1. The number of rotatable bonds is 5. The minimum atomic E-state index is -0.531. The highest BCUT2D eigenvalue weighted by molar-refractivity contribution is 5.71. The van der Waals surface area contributed by atoms with Crippen LogP contribution in [-0.4, -0.2) is 29.0 Å². The van der Waals surface area contributed by atoms with Gasteiger partial charge in [-0.05, 0) is 32.0 Å². The van der Waals surface area contributed by atoms with Gasteiger partial charge in [0, 0.05) is 11.8 Å². The molecule has 0 saturated heterocycles. The number of esters is 1. The Hall–Kier alpha value is -2.88. The van der Waals surface area contributed by atoms with Crippen molar-refractivity contribution in [3.05, 3.63) is 41.3 Å². The summed E-state index contributed by atoms with van der Waals surface area (Å²) in [5.74, 6) is -0.777. The van der Waals surface area contributed by atoms with E-state index in [1.807, 2.05) is 19.9 Å². The van der Waals surface area contributed by atoms with E-state index in [1.165, 1.54) is 16.8 Å². The van der Waals surface area contributed by atoms with Gasteiger partial charge in [0.15, 0.2) is 6.61 Å². The van der Waals surface area contributed by atoms with Crippen LogP contribution >= 0.6 is 0 Å². The highest BCUT2D eigenvalue weighted by atomic mass is 19.1. The SMILES string of the molecule is CC.CCOC(=O)COc1nn(-c2cc(F)cc(C#N)c2)cc1C. The molecular formula is C17H20FN3O3. The molecule has 0 aliphatic heterocycles. The molecule has 0 spiro atoms. The van der Waals surface area contributed by atoms with Gasteiger partial charge in [-0.15, -0.1) is 5.10 Å². The number of ether oxygens (including phenoxy) is 2. The van der Waals surface area contributed by atoms with E-state index in [0.29, 0.717) is 11.3 Å². The number of hydrogen-bond donors (Lipinski definition) is 0. The first kappa shape index (κ1) is 19.2. The largest absolute Gasteiger partial charge is 0.464 e. The van der Waals surface area contributed by atoms with E-state index >= 15 is 0 Å². The van der Waals surface area contributed by atoms with Crippen LogP contribution in [0.5, 0.6) is 5.88 Å². The molecule has 0 aliphatic carbocycles. The molecule has 24 heavy (non-hydrogen) atoms. The quantitative estimate of drug-likeness (QED) is 0.786. The molecule has 0 unspecified atom stereocenters. The molecule has 0 fully saturated rings. The van der Waals surface area contributed by atoms with Crippen LogP contribution in [0.2, 0.25) is 0 Å². The second-order valence-corrected chi connectivity index (χ2v) is 4.47. The molecule has 0 radical (unpaired) electrons. The van der Waals surface area contributed by atoms with Gasteiger partial charge in [-0.2, -0.15) is 5.26 Å². The zero-order chi connectivity index (χ0) is 18.1. The molecule has 6 nitrogen and oxygen atoms in total. The Morgan fingerprint density at radius 3 is 2.71 bits per heavy atom. The van der Waals surface area contributed by atoms with Crippen LogP contribution in [-0.2, 0) is 9.53 Å². The summed E-state index contributed by atoms with van der Waals surface area (Å²) >= 11 is 0. The van der Waals surface area contributed by atoms with Gasteiger partial charge in [-0.25, -0.2) is 13.9 Å². The molecule has 0 aliphatic rings. The minimum absolute atomic E-state index is 0.192. The number of hydrogen-bond acceptors (Lipinski definition) is 5. The number of carbonyl (C=O) groups excluding carboxylic acids is 1. The summed E-state index contributed by atoms with van der Waals surface area (Å²) in [4.78, 5) is 11.3. The summed E-state index contributed by atoms with van der Waals surface area (Å²) in [6, 6.07) is 5.77. The van der Waals surface area contributed by atoms with Gasteiger partial charge >= 0.3 is 5.97 Å². The molecule has 1 aromatic carbocycles. The number of halogens is 1. The first-order valence-electron chi connectivity index (χ1n) is 7.59. The van der Waals surface area contributed by atoms with Gasteiger partial charge in [0.05, 0.1) is 23.9 Å². The maximum absolute atomic E-state index is 13.5. The first-order chi connectivity index (χ1) is 11.5. The zero-order valence-electron chi connectivity index (χ0n) is 14.2. The Morgan fingerprint density at radius 2 is 2.08 bits per heavy atom. The van der Waals surface area contributed by atoms with Crippen LogP contribution in [0.3, 0.4) is 0 Å². The van der Waals surface area contributed by atoms with E-state index in [9.17, 15) is 9.18 Å². The lowest BCUT2D eigenvalue weighted by Crippen LogP contribution is -2.15. The van der Waals surface area contributed by atoms with E-state index in [0.717, 1.165) is 6.07 Å². The second-order valence-electron chi connectivity index (χ2n) is 4.47. The second kappa shape index (κ2) is 9.30. The van der Waals surface area contributed by atoms with Crippen molar-refractivity contribution in [1.29, 1.82) is 5.26 Å². The fourth-order valence-corrected chi connectivity index (χ4v) is 1.82. The number of carbonyl (C=O) groups is 1. The van der Waals surface area contributed by atoms with Crippen LogP contribution in [0.1, 0.15) is 31.9 Å². The molecule has 7 heteroatoms. The molecular weight excluding hydrogens is 313 g/mol. The van der Waals surface area contributed by atoms with Crippen LogP contribution in [0.15, 0.2) is 24.4 Å². The Balaban J connectivity index is 0.00000139. The van der Waals surface area contributed by atoms with Crippen LogP contribution in [0.25, 0.3) is 5.69 Å². The van der Waals surface area contributed by atoms with Gasteiger partial charge < -0.3 is 9.47 Å². The fraction of sp³-hybridized carbons (Fsp3) is 0.353. The first-order valence-corrected chi connectivity index (χ1v) is 7.59. The minimum Gasteiger partial charge on any atom is -0.464 e. The van der Waals surface area contributed by atoms with Gasteiger partial charge in [0.1, 0.15) is 5.82 Å². The predicted octanol–water partition coefficient (Wildman–Crippen LogP) is 3.16. The molecule has 0 saturated carbocycles. The third kappa shape index (κ3) is 5.09. The molecule has 0 amide bonds. The van der Waals surface area contributed by atoms with E-state index in [-0.39, 0.29) is 24.7 Å². The maximum Gasteiger partial charge on any atom is 0.344 e. The molecule has 1 aromatic heterocycles. The van der Waals surface area contributed by atoms with E-state index in [2.05, 4.69) is 5.10 Å². The lowest BCUT2D eigenvalue weighted by atomic mass is 10.2. The molecule has 0 atom stereocenters. The smallest absolute Gasteiger partial charge is 0.344 e. The van der Waals surface area contributed by atoms with Crippen LogP contribution in [0.4, 0.5) is 4.39 Å². The van der Waals surface area contributed by atoms with Crippen molar-refractivity contribution in [3.8, 4) is 17.6 Å². The van der Waals surface area contributed by atoms with E-state index in [4.69, 9.17) is 14.7 Å². The third-order valence-electron chi connectivity index (χ3n) is 2.76. The Kier molecular flexibility index (Phi) is 7.43. The third-order valence-corrected chi connectivity index (χ3v) is 2.76. The average Bonchev–Trinajstić information content (AvgIpc) is 2.95. The highest BCUT2D eigenvalue weighted by Crippen LogP contribution is 2.19. The molecule has 2 rings (SSSR count). The summed E-state index contributed by atoms with van der Waals surface area (Å²) < 4.78 is 24.9. The molecule has 128 valence electrons. The van der Waals surface area contributed by atoms with Crippen molar-refractivity contribution >= 4 is 5.97 Å². The maximum atomic E-state index is 13.5.